The number of hydrogen-bond acceptors (Lipinski definition) is 6. The van der Waals surface area contributed by atoms with E-state index in [9.17, 15) is 14.4 Å². The standard InChI is InChI=1S/C16H16N2O5/c1-3-4-5-14(19)23-9-13-17-12-8-10(16(21)22-2)6-7-11(12)15(20)18-13/h4-8H,3,9H2,1-2H3,(H,17,18,20)/b5-4+. The minimum absolute atomic E-state index is 0.166. The zero-order chi connectivity index (χ0) is 16.8. The van der Waals surface area contributed by atoms with E-state index in [1.807, 2.05) is 6.92 Å². The van der Waals surface area contributed by atoms with E-state index < -0.39 is 11.9 Å². The zero-order valence-corrected chi connectivity index (χ0v) is 12.8. The lowest BCUT2D eigenvalue weighted by atomic mass is 10.1. The Labute approximate surface area is 131 Å². The van der Waals surface area contributed by atoms with Crippen LogP contribution in [0.4, 0.5) is 0 Å². The second kappa shape index (κ2) is 7.35. The number of fused-ring (bicyclic) bond motifs is 1. The van der Waals surface area contributed by atoms with Crippen molar-refractivity contribution in [3.63, 3.8) is 0 Å². The quantitative estimate of drug-likeness (QED) is 0.666. The summed E-state index contributed by atoms with van der Waals surface area (Å²) >= 11 is 0. The summed E-state index contributed by atoms with van der Waals surface area (Å²) in [5, 5.41) is 0.332. The van der Waals surface area contributed by atoms with E-state index in [2.05, 4.69) is 14.7 Å². The molecule has 2 rings (SSSR count). The van der Waals surface area contributed by atoms with Gasteiger partial charge in [-0.3, -0.25) is 4.79 Å². The predicted molar refractivity (Wildman–Crippen MR) is 82.9 cm³/mol. The number of rotatable bonds is 5. The summed E-state index contributed by atoms with van der Waals surface area (Å²) in [5.74, 6) is -0.840. The van der Waals surface area contributed by atoms with Gasteiger partial charge in [0, 0.05) is 6.08 Å². The summed E-state index contributed by atoms with van der Waals surface area (Å²) in [6.45, 7) is 1.73. The highest BCUT2D eigenvalue weighted by Gasteiger charge is 2.10. The molecule has 0 bridgehead atoms. The molecule has 0 fully saturated rings. The summed E-state index contributed by atoms with van der Waals surface area (Å²) in [5.41, 5.74) is 0.236. The molecule has 0 unspecified atom stereocenters. The molecule has 0 amide bonds. The Kier molecular flexibility index (Phi) is 5.24. The van der Waals surface area contributed by atoms with Crippen LogP contribution < -0.4 is 5.56 Å². The highest BCUT2D eigenvalue weighted by molar-refractivity contribution is 5.93. The largest absolute Gasteiger partial charge is 0.465 e. The monoisotopic (exact) mass is 316 g/mol. The molecule has 1 N–H and O–H groups in total. The molecule has 0 radical (unpaired) electrons. The Morgan fingerprint density at radius 3 is 2.83 bits per heavy atom. The van der Waals surface area contributed by atoms with Crippen molar-refractivity contribution in [3.05, 3.63) is 52.1 Å². The summed E-state index contributed by atoms with van der Waals surface area (Å²) in [6.07, 6.45) is 3.70. The molecule has 0 aliphatic rings. The van der Waals surface area contributed by atoms with E-state index in [4.69, 9.17) is 4.74 Å². The van der Waals surface area contributed by atoms with Crippen LogP contribution in [-0.4, -0.2) is 29.0 Å². The van der Waals surface area contributed by atoms with E-state index in [0.29, 0.717) is 10.9 Å². The van der Waals surface area contributed by atoms with Gasteiger partial charge < -0.3 is 14.5 Å². The molecule has 0 aliphatic carbocycles. The van der Waals surface area contributed by atoms with Crippen LogP contribution in [0.1, 0.15) is 29.5 Å². The molecule has 0 atom stereocenters. The average molecular weight is 316 g/mol. The number of carbonyl (C=O) groups excluding carboxylic acids is 2. The number of aromatic nitrogens is 2. The zero-order valence-electron chi connectivity index (χ0n) is 12.8. The van der Waals surface area contributed by atoms with Gasteiger partial charge in [0.2, 0.25) is 0 Å². The van der Waals surface area contributed by atoms with Crippen molar-refractivity contribution in [1.29, 1.82) is 0 Å². The number of nitrogens with zero attached hydrogens (tertiary/aromatic N) is 1. The molecule has 23 heavy (non-hydrogen) atoms. The molecule has 0 spiro atoms. The summed E-state index contributed by atoms with van der Waals surface area (Å²) in [7, 11) is 1.27. The van der Waals surface area contributed by atoms with Crippen molar-refractivity contribution in [2.75, 3.05) is 7.11 Å². The van der Waals surface area contributed by atoms with Crippen molar-refractivity contribution in [2.45, 2.75) is 20.0 Å². The first-order valence-corrected chi connectivity index (χ1v) is 6.99. The SMILES string of the molecule is CC/C=C/C(=O)OCc1nc2cc(C(=O)OC)ccc2c(=O)[nH]1. The number of methoxy groups -OCH3 is 1. The van der Waals surface area contributed by atoms with Gasteiger partial charge in [-0.25, -0.2) is 14.6 Å². The third kappa shape index (κ3) is 4.03. The van der Waals surface area contributed by atoms with Crippen LogP contribution in [0, 0.1) is 0 Å². The highest BCUT2D eigenvalue weighted by Crippen LogP contribution is 2.11. The number of esters is 2. The van der Waals surface area contributed by atoms with Gasteiger partial charge in [-0.2, -0.15) is 0 Å². The van der Waals surface area contributed by atoms with Gasteiger partial charge in [0.05, 0.1) is 23.6 Å². The number of ether oxygens (including phenoxy) is 2. The third-order valence-electron chi connectivity index (χ3n) is 3.02. The fourth-order valence-electron chi connectivity index (χ4n) is 1.90. The first-order chi connectivity index (χ1) is 11.0. The molecule has 7 heteroatoms. The number of nitrogens with one attached hydrogen (secondary N) is 1. The van der Waals surface area contributed by atoms with E-state index in [0.717, 1.165) is 6.42 Å². The predicted octanol–water partition coefficient (Wildman–Crippen LogP) is 1.72. The van der Waals surface area contributed by atoms with Gasteiger partial charge in [0.15, 0.2) is 0 Å². The first kappa shape index (κ1) is 16.4. The molecule has 0 aliphatic heterocycles. The molecule has 2 aromatic rings. The number of carbonyl (C=O) groups is 2. The lowest BCUT2D eigenvalue weighted by Gasteiger charge is -2.05. The maximum absolute atomic E-state index is 12.0. The highest BCUT2D eigenvalue weighted by atomic mass is 16.5. The van der Waals surface area contributed by atoms with Gasteiger partial charge in [0.1, 0.15) is 12.4 Å². The minimum Gasteiger partial charge on any atom is -0.465 e. The lowest BCUT2D eigenvalue weighted by Crippen LogP contribution is -2.14. The molecule has 0 saturated carbocycles. The van der Waals surface area contributed by atoms with E-state index in [-0.39, 0.29) is 23.6 Å². The number of H-pyrrole nitrogens is 1. The second-order valence-corrected chi connectivity index (χ2v) is 4.65. The maximum atomic E-state index is 12.0. The second-order valence-electron chi connectivity index (χ2n) is 4.65. The van der Waals surface area contributed by atoms with Crippen LogP contribution in [-0.2, 0) is 20.9 Å². The number of benzene rings is 1. The fraction of sp³-hybridized carbons (Fsp3) is 0.250. The van der Waals surface area contributed by atoms with Gasteiger partial charge in [0.25, 0.3) is 5.56 Å². The molecular formula is C16H16N2O5. The number of aromatic amines is 1. The Balaban J connectivity index is 2.28. The Hall–Kier alpha value is -2.96. The van der Waals surface area contributed by atoms with E-state index >= 15 is 0 Å². The van der Waals surface area contributed by atoms with E-state index in [1.54, 1.807) is 6.08 Å². The van der Waals surface area contributed by atoms with Gasteiger partial charge in [-0.1, -0.05) is 13.0 Å². The van der Waals surface area contributed by atoms with Crippen LogP contribution in [0.2, 0.25) is 0 Å². The van der Waals surface area contributed by atoms with Crippen LogP contribution in [0.5, 0.6) is 0 Å². The molecule has 1 aromatic carbocycles. The smallest absolute Gasteiger partial charge is 0.337 e. The van der Waals surface area contributed by atoms with E-state index in [1.165, 1.54) is 31.4 Å². The summed E-state index contributed by atoms with van der Waals surface area (Å²) < 4.78 is 9.62. The van der Waals surface area contributed by atoms with Crippen LogP contribution >= 0.6 is 0 Å². The molecule has 1 aromatic heterocycles. The average Bonchev–Trinajstić information content (AvgIpc) is 2.56. The Morgan fingerprint density at radius 1 is 1.35 bits per heavy atom. The minimum atomic E-state index is -0.522. The van der Waals surface area contributed by atoms with Gasteiger partial charge in [-0.15, -0.1) is 0 Å². The van der Waals surface area contributed by atoms with Crippen molar-refractivity contribution < 1.29 is 19.1 Å². The van der Waals surface area contributed by atoms with Crippen LogP contribution in [0.15, 0.2) is 35.1 Å². The van der Waals surface area contributed by atoms with Crippen molar-refractivity contribution in [1.82, 2.24) is 9.97 Å². The normalized spacial score (nSPS) is 10.9. The molecule has 120 valence electrons. The molecule has 1 heterocycles. The molecule has 7 nitrogen and oxygen atoms in total. The molecular weight excluding hydrogens is 300 g/mol. The Morgan fingerprint density at radius 2 is 2.13 bits per heavy atom. The first-order valence-electron chi connectivity index (χ1n) is 6.99. The summed E-state index contributed by atoms with van der Waals surface area (Å²) in [4.78, 5) is 41.7. The van der Waals surface area contributed by atoms with Crippen molar-refractivity contribution in [3.8, 4) is 0 Å². The van der Waals surface area contributed by atoms with Crippen LogP contribution in [0.25, 0.3) is 10.9 Å². The maximum Gasteiger partial charge on any atom is 0.337 e. The number of allylic oxidation sites excluding steroid dienone is 1. The number of hydrogen-bond donors (Lipinski definition) is 1. The van der Waals surface area contributed by atoms with Gasteiger partial charge >= 0.3 is 11.9 Å². The van der Waals surface area contributed by atoms with Crippen LogP contribution in [0.3, 0.4) is 0 Å². The van der Waals surface area contributed by atoms with Gasteiger partial charge in [-0.05, 0) is 24.6 Å². The summed E-state index contributed by atoms with van der Waals surface area (Å²) in [6, 6.07) is 4.44. The van der Waals surface area contributed by atoms with Crippen molar-refractivity contribution in [2.24, 2.45) is 0 Å². The topological polar surface area (TPSA) is 98.3 Å². The molecule has 0 saturated heterocycles. The fourth-order valence-corrected chi connectivity index (χ4v) is 1.90. The van der Waals surface area contributed by atoms with Crippen molar-refractivity contribution >= 4 is 22.8 Å². The lowest BCUT2D eigenvalue weighted by molar-refractivity contribution is -0.139. The Bertz CT molecular complexity index is 823. The third-order valence-corrected chi connectivity index (χ3v) is 3.02.